The molecule has 2 atom stereocenters. The Kier molecular flexibility index (Phi) is 6.98. The summed E-state index contributed by atoms with van der Waals surface area (Å²) < 4.78 is 13.0. The van der Waals surface area contributed by atoms with Crippen LogP contribution in [-0.2, 0) is 11.3 Å². The standard InChI is InChI=1S/C14H28N4O2/c1-7-15-13(11(2)19-5)14-12(20-6)10-16-18(14)9-8-17(3)4/h10-11,13,15H,7-9H2,1-6H3. The number of ether oxygens (including phenoxy) is 2. The van der Waals surface area contributed by atoms with Crippen molar-refractivity contribution in [2.45, 2.75) is 32.5 Å². The molecule has 116 valence electrons. The van der Waals surface area contributed by atoms with Gasteiger partial charge in [0.1, 0.15) is 0 Å². The van der Waals surface area contributed by atoms with E-state index in [9.17, 15) is 0 Å². The summed E-state index contributed by atoms with van der Waals surface area (Å²) in [6.45, 7) is 6.75. The van der Waals surface area contributed by atoms with Crippen molar-refractivity contribution in [1.29, 1.82) is 0 Å². The van der Waals surface area contributed by atoms with E-state index in [0.29, 0.717) is 0 Å². The van der Waals surface area contributed by atoms with Crippen LogP contribution in [-0.4, -0.2) is 62.2 Å². The number of hydrogen-bond donors (Lipinski definition) is 1. The van der Waals surface area contributed by atoms with Gasteiger partial charge in [0.05, 0.1) is 37.7 Å². The molecule has 0 aromatic carbocycles. The molecule has 0 aliphatic carbocycles. The Morgan fingerprint density at radius 2 is 2.10 bits per heavy atom. The second-order valence-electron chi connectivity index (χ2n) is 5.10. The Balaban J connectivity index is 3.05. The third kappa shape index (κ3) is 4.19. The highest BCUT2D eigenvalue weighted by Gasteiger charge is 2.26. The molecule has 0 aliphatic heterocycles. The zero-order valence-corrected chi connectivity index (χ0v) is 13.5. The number of nitrogens with zero attached hydrogens (tertiary/aromatic N) is 3. The molecule has 6 heteroatoms. The van der Waals surface area contributed by atoms with Crippen LogP contribution in [0.4, 0.5) is 0 Å². The summed E-state index contributed by atoms with van der Waals surface area (Å²) in [7, 11) is 7.51. The van der Waals surface area contributed by atoms with Crippen LogP contribution in [0.1, 0.15) is 25.6 Å². The second-order valence-corrected chi connectivity index (χ2v) is 5.10. The molecule has 1 aromatic heterocycles. The van der Waals surface area contributed by atoms with Crippen molar-refractivity contribution in [1.82, 2.24) is 20.0 Å². The van der Waals surface area contributed by atoms with Crippen LogP contribution >= 0.6 is 0 Å². The molecule has 20 heavy (non-hydrogen) atoms. The molecular weight excluding hydrogens is 256 g/mol. The lowest BCUT2D eigenvalue weighted by molar-refractivity contribution is 0.0793. The van der Waals surface area contributed by atoms with Crippen LogP contribution < -0.4 is 10.1 Å². The van der Waals surface area contributed by atoms with E-state index in [1.165, 1.54) is 0 Å². The third-order valence-electron chi connectivity index (χ3n) is 3.38. The molecular formula is C14H28N4O2. The number of hydrogen-bond acceptors (Lipinski definition) is 5. The van der Waals surface area contributed by atoms with Crippen LogP contribution in [0, 0.1) is 0 Å². The van der Waals surface area contributed by atoms with Gasteiger partial charge in [-0.25, -0.2) is 0 Å². The SMILES string of the molecule is CCNC(c1c(OC)cnn1CCN(C)C)C(C)OC. The summed E-state index contributed by atoms with van der Waals surface area (Å²) >= 11 is 0. The molecule has 0 saturated carbocycles. The quantitative estimate of drug-likeness (QED) is 0.737. The summed E-state index contributed by atoms with van der Waals surface area (Å²) in [5.74, 6) is 0.804. The molecule has 0 bridgehead atoms. The lowest BCUT2D eigenvalue weighted by Gasteiger charge is -2.25. The predicted molar refractivity (Wildman–Crippen MR) is 80.2 cm³/mol. The normalized spacial score (nSPS) is 14.6. The van der Waals surface area contributed by atoms with Gasteiger partial charge in [-0.1, -0.05) is 6.92 Å². The maximum absolute atomic E-state index is 5.50. The van der Waals surface area contributed by atoms with Crippen LogP contribution in [0.2, 0.25) is 0 Å². The molecule has 0 spiro atoms. The minimum atomic E-state index is 0.0404. The minimum Gasteiger partial charge on any atom is -0.493 e. The van der Waals surface area contributed by atoms with Gasteiger partial charge in [-0.15, -0.1) is 0 Å². The second kappa shape index (κ2) is 8.24. The fourth-order valence-corrected chi connectivity index (χ4v) is 2.16. The average molecular weight is 284 g/mol. The van der Waals surface area contributed by atoms with Crippen molar-refractivity contribution >= 4 is 0 Å². The zero-order valence-electron chi connectivity index (χ0n) is 13.5. The molecule has 6 nitrogen and oxygen atoms in total. The topological polar surface area (TPSA) is 51.5 Å². The first-order valence-corrected chi connectivity index (χ1v) is 7.05. The van der Waals surface area contributed by atoms with E-state index < -0.39 is 0 Å². The zero-order chi connectivity index (χ0) is 15.1. The highest BCUT2D eigenvalue weighted by atomic mass is 16.5. The van der Waals surface area contributed by atoms with Crippen LogP contribution in [0.15, 0.2) is 6.20 Å². The highest BCUT2D eigenvalue weighted by Crippen LogP contribution is 2.28. The molecule has 0 radical (unpaired) electrons. The Morgan fingerprint density at radius 1 is 1.40 bits per heavy atom. The lowest BCUT2D eigenvalue weighted by Crippen LogP contribution is -2.34. The molecule has 0 aliphatic rings. The summed E-state index contributed by atoms with van der Waals surface area (Å²) in [5.41, 5.74) is 1.05. The molecule has 1 heterocycles. The Bertz CT molecular complexity index is 393. The summed E-state index contributed by atoms with van der Waals surface area (Å²) in [6, 6.07) is 0.0598. The maximum Gasteiger partial charge on any atom is 0.161 e. The van der Waals surface area contributed by atoms with Gasteiger partial charge < -0.3 is 19.7 Å². The van der Waals surface area contributed by atoms with Gasteiger partial charge in [0.15, 0.2) is 5.75 Å². The van der Waals surface area contributed by atoms with Gasteiger partial charge in [-0.2, -0.15) is 5.10 Å². The Labute approximate surface area is 122 Å². The molecule has 2 unspecified atom stereocenters. The van der Waals surface area contributed by atoms with Gasteiger partial charge in [-0.05, 0) is 27.6 Å². The molecule has 0 fully saturated rings. The smallest absolute Gasteiger partial charge is 0.161 e. The van der Waals surface area contributed by atoms with E-state index in [2.05, 4.69) is 43.3 Å². The first-order valence-electron chi connectivity index (χ1n) is 7.05. The first kappa shape index (κ1) is 16.9. The van der Waals surface area contributed by atoms with E-state index in [-0.39, 0.29) is 12.1 Å². The Morgan fingerprint density at radius 3 is 2.60 bits per heavy atom. The van der Waals surface area contributed by atoms with Crippen molar-refractivity contribution in [3.63, 3.8) is 0 Å². The molecule has 0 saturated heterocycles. The van der Waals surface area contributed by atoms with Crippen molar-refractivity contribution < 1.29 is 9.47 Å². The Hall–Kier alpha value is -1.11. The van der Waals surface area contributed by atoms with Gasteiger partial charge in [0, 0.05) is 13.7 Å². The highest BCUT2D eigenvalue weighted by molar-refractivity contribution is 5.29. The average Bonchev–Trinajstić information content (AvgIpc) is 2.84. The van der Waals surface area contributed by atoms with Crippen molar-refractivity contribution in [3.8, 4) is 5.75 Å². The van der Waals surface area contributed by atoms with Gasteiger partial charge in [0.25, 0.3) is 0 Å². The minimum absolute atomic E-state index is 0.0404. The summed E-state index contributed by atoms with van der Waals surface area (Å²) in [6.07, 6.45) is 1.82. The summed E-state index contributed by atoms with van der Waals surface area (Å²) in [5, 5.41) is 7.91. The van der Waals surface area contributed by atoms with Gasteiger partial charge >= 0.3 is 0 Å². The van der Waals surface area contributed by atoms with E-state index >= 15 is 0 Å². The monoisotopic (exact) mass is 284 g/mol. The number of likely N-dealkylation sites (N-methyl/N-ethyl adjacent to an activating group) is 2. The first-order chi connectivity index (χ1) is 9.54. The summed E-state index contributed by atoms with van der Waals surface area (Å²) in [4.78, 5) is 2.14. The van der Waals surface area contributed by atoms with Crippen LogP contribution in [0.5, 0.6) is 5.75 Å². The van der Waals surface area contributed by atoms with Gasteiger partial charge in [0.2, 0.25) is 0 Å². The van der Waals surface area contributed by atoms with Crippen molar-refractivity contribution in [2.75, 3.05) is 41.4 Å². The number of rotatable bonds is 9. The van der Waals surface area contributed by atoms with E-state index in [1.807, 2.05) is 4.68 Å². The van der Waals surface area contributed by atoms with E-state index in [1.54, 1.807) is 20.4 Å². The molecule has 1 N–H and O–H groups in total. The van der Waals surface area contributed by atoms with Crippen LogP contribution in [0.3, 0.4) is 0 Å². The number of nitrogens with one attached hydrogen (secondary N) is 1. The number of aromatic nitrogens is 2. The van der Waals surface area contributed by atoms with Crippen molar-refractivity contribution in [2.24, 2.45) is 0 Å². The fraction of sp³-hybridized carbons (Fsp3) is 0.786. The fourth-order valence-electron chi connectivity index (χ4n) is 2.16. The van der Waals surface area contributed by atoms with E-state index in [4.69, 9.17) is 9.47 Å². The van der Waals surface area contributed by atoms with Gasteiger partial charge in [-0.3, -0.25) is 4.68 Å². The van der Waals surface area contributed by atoms with Crippen LogP contribution in [0.25, 0.3) is 0 Å². The third-order valence-corrected chi connectivity index (χ3v) is 3.38. The molecule has 1 aromatic rings. The molecule has 1 rings (SSSR count). The van der Waals surface area contributed by atoms with Crippen molar-refractivity contribution in [3.05, 3.63) is 11.9 Å². The molecule has 0 amide bonds. The largest absolute Gasteiger partial charge is 0.493 e. The number of methoxy groups -OCH3 is 2. The maximum atomic E-state index is 5.50. The predicted octanol–water partition coefficient (Wildman–Crippen LogP) is 1.14. The lowest BCUT2D eigenvalue weighted by atomic mass is 10.1. The van der Waals surface area contributed by atoms with E-state index in [0.717, 1.165) is 31.1 Å².